The van der Waals surface area contributed by atoms with Crippen LogP contribution in [0, 0.1) is 11.3 Å². The second-order valence-electron chi connectivity index (χ2n) is 7.15. The Balaban J connectivity index is 1.75. The minimum atomic E-state index is 0.385. The van der Waals surface area contributed by atoms with Crippen LogP contribution in [-0.4, -0.2) is 39.8 Å². The molecule has 1 heterocycles. The van der Waals surface area contributed by atoms with Crippen LogP contribution in [-0.2, 0) is 11.2 Å². The molecule has 1 aliphatic rings. The predicted octanol–water partition coefficient (Wildman–Crippen LogP) is 3.69. The molecule has 2 rings (SSSR count). The Kier molecular flexibility index (Phi) is 8.06. The molecule has 136 valence electrons. The van der Waals surface area contributed by atoms with E-state index in [-0.39, 0.29) is 0 Å². The lowest BCUT2D eigenvalue weighted by molar-refractivity contribution is 0.138. The van der Waals surface area contributed by atoms with E-state index >= 15 is 0 Å². The highest BCUT2D eigenvalue weighted by molar-refractivity contribution is 7.09. The SMILES string of the molecule is CN=C(NCC(C)Cc1cccs1)NCC1(CCOC)CCCC1. The van der Waals surface area contributed by atoms with Gasteiger partial charge in [0.15, 0.2) is 5.96 Å². The molecule has 5 heteroatoms. The summed E-state index contributed by atoms with van der Waals surface area (Å²) in [6.07, 6.45) is 7.55. The Bertz CT molecular complexity index is 481. The first-order valence-electron chi connectivity index (χ1n) is 9.13. The number of nitrogens with zero attached hydrogens (tertiary/aromatic N) is 1. The zero-order valence-corrected chi connectivity index (χ0v) is 16.3. The van der Waals surface area contributed by atoms with E-state index in [0.717, 1.165) is 38.5 Å². The van der Waals surface area contributed by atoms with Crippen LogP contribution in [0.1, 0.15) is 43.9 Å². The van der Waals surface area contributed by atoms with E-state index in [1.807, 2.05) is 18.4 Å². The van der Waals surface area contributed by atoms with Crippen LogP contribution in [0.2, 0.25) is 0 Å². The van der Waals surface area contributed by atoms with Gasteiger partial charge >= 0.3 is 0 Å². The van der Waals surface area contributed by atoms with Gasteiger partial charge in [-0.2, -0.15) is 0 Å². The van der Waals surface area contributed by atoms with Crippen LogP contribution in [0.3, 0.4) is 0 Å². The Morgan fingerprint density at radius 3 is 2.79 bits per heavy atom. The lowest BCUT2D eigenvalue weighted by Crippen LogP contribution is -2.44. The highest BCUT2D eigenvalue weighted by Gasteiger charge is 2.33. The summed E-state index contributed by atoms with van der Waals surface area (Å²) in [7, 11) is 3.65. The highest BCUT2D eigenvalue weighted by Crippen LogP contribution is 2.40. The molecule has 1 atom stereocenters. The third-order valence-corrected chi connectivity index (χ3v) is 6.00. The first-order valence-corrected chi connectivity index (χ1v) is 10.0. The summed E-state index contributed by atoms with van der Waals surface area (Å²) in [5.74, 6) is 1.52. The first kappa shape index (κ1) is 19.3. The van der Waals surface area contributed by atoms with Crippen LogP contribution in [0.15, 0.2) is 22.5 Å². The minimum Gasteiger partial charge on any atom is -0.385 e. The van der Waals surface area contributed by atoms with Gasteiger partial charge in [-0.1, -0.05) is 25.8 Å². The van der Waals surface area contributed by atoms with Gasteiger partial charge in [-0.05, 0) is 48.5 Å². The molecule has 1 unspecified atom stereocenters. The van der Waals surface area contributed by atoms with Crippen molar-refractivity contribution in [2.45, 2.75) is 45.4 Å². The van der Waals surface area contributed by atoms with Gasteiger partial charge in [0, 0.05) is 38.7 Å². The van der Waals surface area contributed by atoms with Crippen molar-refractivity contribution in [2.75, 3.05) is 33.9 Å². The van der Waals surface area contributed by atoms with Crippen LogP contribution >= 0.6 is 11.3 Å². The number of aliphatic imine (C=N–C) groups is 1. The standard InChI is InChI=1S/C19H33N3OS/c1-16(13-17-7-6-12-24-17)14-21-18(20-2)22-15-19(10-11-23-3)8-4-5-9-19/h6-7,12,16H,4-5,8-11,13-15H2,1-3H3,(H2,20,21,22). The molecule has 1 aromatic rings. The lowest BCUT2D eigenvalue weighted by Gasteiger charge is -2.30. The fourth-order valence-corrected chi connectivity index (χ4v) is 4.44. The van der Waals surface area contributed by atoms with E-state index < -0.39 is 0 Å². The molecule has 4 nitrogen and oxygen atoms in total. The number of methoxy groups -OCH3 is 1. The number of guanidine groups is 1. The van der Waals surface area contributed by atoms with Gasteiger partial charge in [0.2, 0.25) is 0 Å². The van der Waals surface area contributed by atoms with Crippen LogP contribution in [0.5, 0.6) is 0 Å². The predicted molar refractivity (Wildman–Crippen MR) is 104 cm³/mol. The molecular weight excluding hydrogens is 318 g/mol. The quantitative estimate of drug-likeness (QED) is 0.527. The summed E-state index contributed by atoms with van der Waals surface area (Å²) < 4.78 is 5.32. The van der Waals surface area contributed by atoms with E-state index in [4.69, 9.17) is 4.74 Å². The molecule has 1 saturated carbocycles. The van der Waals surface area contributed by atoms with Crippen LogP contribution in [0.4, 0.5) is 0 Å². The molecule has 1 aromatic heterocycles. The van der Waals surface area contributed by atoms with Crippen LogP contribution in [0.25, 0.3) is 0 Å². The normalized spacial score (nSPS) is 18.5. The Morgan fingerprint density at radius 1 is 1.38 bits per heavy atom. The molecule has 1 aliphatic carbocycles. The molecule has 2 N–H and O–H groups in total. The van der Waals surface area contributed by atoms with Crippen molar-refractivity contribution in [1.82, 2.24) is 10.6 Å². The van der Waals surface area contributed by atoms with E-state index in [1.165, 1.54) is 30.6 Å². The molecule has 0 radical (unpaired) electrons. The summed E-state index contributed by atoms with van der Waals surface area (Å²) in [6, 6.07) is 4.34. The number of nitrogens with one attached hydrogen (secondary N) is 2. The summed E-state index contributed by atoms with van der Waals surface area (Å²) >= 11 is 1.84. The van der Waals surface area contributed by atoms with E-state index in [9.17, 15) is 0 Å². The molecule has 0 spiro atoms. The van der Waals surface area contributed by atoms with E-state index in [0.29, 0.717) is 11.3 Å². The number of hydrogen-bond donors (Lipinski definition) is 2. The minimum absolute atomic E-state index is 0.385. The Morgan fingerprint density at radius 2 is 2.17 bits per heavy atom. The zero-order chi connectivity index (χ0) is 17.3. The number of thiophene rings is 1. The fraction of sp³-hybridized carbons (Fsp3) is 0.737. The van der Waals surface area contributed by atoms with Gasteiger partial charge in [0.25, 0.3) is 0 Å². The molecule has 0 saturated heterocycles. The van der Waals surface area contributed by atoms with Crippen molar-refractivity contribution in [3.63, 3.8) is 0 Å². The molecule has 24 heavy (non-hydrogen) atoms. The number of rotatable bonds is 9. The molecule has 0 aromatic carbocycles. The van der Waals surface area contributed by atoms with Gasteiger partial charge < -0.3 is 15.4 Å². The molecule has 1 fully saturated rings. The maximum Gasteiger partial charge on any atom is 0.191 e. The molecule has 0 amide bonds. The summed E-state index contributed by atoms with van der Waals surface area (Å²) in [5.41, 5.74) is 0.385. The van der Waals surface area contributed by atoms with E-state index in [1.54, 1.807) is 7.11 Å². The second-order valence-corrected chi connectivity index (χ2v) is 8.18. The third kappa shape index (κ3) is 6.10. The van der Waals surface area contributed by atoms with Crippen molar-refractivity contribution in [3.05, 3.63) is 22.4 Å². The monoisotopic (exact) mass is 351 g/mol. The summed E-state index contributed by atoms with van der Waals surface area (Å²) in [5, 5.41) is 9.20. The Labute approximate surface area is 151 Å². The highest BCUT2D eigenvalue weighted by atomic mass is 32.1. The average molecular weight is 352 g/mol. The zero-order valence-electron chi connectivity index (χ0n) is 15.4. The van der Waals surface area contributed by atoms with Crippen molar-refractivity contribution in [3.8, 4) is 0 Å². The second kappa shape index (κ2) is 10.0. The van der Waals surface area contributed by atoms with Crippen molar-refractivity contribution >= 4 is 17.3 Å². The maximum absolute atomic E-state index is 5.32. The molecule has 0 aliphatic heterocycles. The van der Waals surface area contributed by atoms with Gasteiger partial charge in [-0.3, -0.25) is 4.99 Å². The number of hydrogen-bond acceptors (Lipinski definition) is 3. The van der Waals surface area contributed by atoms with Gasteiger partial charge in [0.1, 0.15) is 0 Å². The fourth-order valence-electron chi connectivity index (χ4n) is 3.57. The summed E-state index contributed by atoms with van der Waals surface area (Å²) in [4.78, 5) is 5.85. The smallest absolute Gasteiger partial charge is 0.191 e. The topological polar surface area (TPSA) is 45.7 Å². The van der Waals surface area contributed by atoms with Crippen molar-refractivity contribution < 1.29 is 4.74 Å². The lowest BCUT2D eigenvalue weighted by atomic mass is 9.83. The summed E-state index contributed by atoms with van der Waals surface area (Å²) in [6.45, 7) is 5.08. The maximum atomic E-state index is 5.32. The van der Waals surface area contributed by atoms with Gasteiger partial charge in [0.05, 0.1) is 0 Å². The largest absolute Gasteiger partial charge is 0.385 e. The van der Waals surface area contributed by atoms with Gasteiger partial charge in [-0.15, -0.1) is 11.3 Å². The Hall–Kier alpha value is -1.07. The molecular formula is C19H33N3OS. The van der Waals surface area contributed by atoms with Crippen molar-refractivity contribution in [1.29, 1.82) is 0 Å². The van der Waals surface area contributed by atoms with E-state index in [2.05, 4.69) is 40.1 Å². The molecule has 0 bridgehead atoms. The third-order valence-electron chi connectivity index (χ3n) is 5.10. The number of ether oxygens (including phenoxy) is 1. The van der Waals surface area contributed by atoms with Crippen LogP contribution < -0.4 is 10.6 Å². The first-order chi connectivity index (χ1) is 11.7. The van der Waals surface area contributed by atoms with Gasteiger partial charge in [-0.25, -0.2) is 0 Å². The van der Waals surface area contributed by atoms with Crippen molar-refractivity contribution in [2.24, 2.45) is 16.3 Å². The average Bonchev–Trinajstić information content (AvgIpc) is 3.25.